The van der Waals surface area contributed by atoms with E-state index in [9.17, 15) is 15.2 Å². The topological polar surface area (TPSA) is 63.4 Å². The Bertz CT molecular complexity index is 338. The Morgan fingerprint density at radius 2 is 2.17 bits per heavy atom. The van der Waals surface area contributed by atoms with E-state index in [4.69, 9.17) is 0 Å². The molecule has 0 radical (unpaired) electrons. The molecule has 1 aromatic carbocycles. The lowest BCUT2D eigenvalue weighted by atomic mass is 10.2. The number of aromatic hydroxyl groups is 1. The Kier molecular flexibility index (Phi) is 2.51. The molecule has 0 unspecified atom stereocenters. The van der Waals surface area contributed by atoms with E-state index < -0.39 is 4.92 Å². The van der Waals surface area contributed by atoms with Crippen LogP contribution in [0.25, 0.3) is 0 Å². The highest BCUT2D eigenvalue weighted by Gasteiger charge is 2.15. The molecule has 0 bridgehead atoms. The molecule has 0 aromatic heterocycles. The second-order valence-corrected chi connectivity index (χ2v) is 3.40. The van der Waals surface area contributed by atoms with Gasteiger partial charge in [-0.15, -0.1) is 0 Å². The zero-order chi connectivity index (χ0) is 9.30. The van der Waals surface area contributed by atoms with Crippen LogP contribution in [0.2, 0.25) is 0 Å². The lowest BCUT2D eigenvalue weighted by Gasteiger charge is -2.00. The van der Waals surface area contributed by atoms with Gasteiger partial charge in [0.1, 0.15) is 9.32 Å². The Labute approximate surface area is 82.5 Å². The summed E-state index contributed by atoms with van der Waals surface area (Å²) < 4.78 is 0.289. The number of phenolic OH excluding ortho intramolecular Hbond substituents is 1. The fraction of sp³-hybridized carbons (Fsp3) is 0.143. The van der Waals surface area contributed by atoms with Crippen LogP contribution in [0.15, 0.2) is 12.1 Å². The Balaban J connectivity index is 3.36. The normalized spacial score (nSPS) is 9.83. The number of benzene rings is 1. The van der Waals surface area contributed by atoms with Crippen molar-refractivity contribution in [3.8, 4) is 5.75 Å². The zero-order valence-electron chi connectivity index (χ0n) is 6.24. The molecule has 0 aliphatic rings. The van der Waals surface area contributed by atoms with E-state index in [-0.39, 0.29) is 15.0 Å². The van der Waals surface area contributed by atoms with Gasteiger partial charge < -0.3 is 5.11 Å². The van der Waals surface area contributed by atoms with Crippen LogP contribution in [0.5, 0.6) is 5.75 Å². The number of nitro benzene ring substituents is 1. The Hall–Kier alpha value is -0.850. The standard InChI is InChI=1S/C7H6INO3/c1-4-2-3-5(9(11)12)6(8)7(4)10/h2-3,10H,1H3. The second kappa shape index (κ2) is 3.26. The lowest BCUT2D eigenvalue weighted by Crippen LogP contribution is -1.92. The van der Waals surface area contributed by atoms with Gasteiger partial charge in [0.2, 0.25) is 0 Å². The molecule has 5 heteroatoms. The first-order valence-electron chi connectivity index (χ1n) is 3.16. The minimum atomic E-state index is -0.513. The highest BCUT2D eigenvalue weighted by atomic mass is 127. The Morgan fingerprint density at radius 1 is 1.58 bits per heavy atom. The molecular weight excluding hydrogens is 273 g/mol. The van der Waals surface area contributed by atoms with Crippen molar-refractivity contribution >= 4 is 28.3 Å². The predicted octanol–water partition coefficient (Wildman–Crippen LogP) is 2.21. The predicted molar refractivity (Wildman–Crippen MR) is 52.2 cm³/mol. The molecule has 0 spiro atoms. The summed E-state index contributed by atoms with van der Waals surface area (Å²) in [6, 6.07) is 2.91. The first-order valence-corrected chi connectivity index (χ1v) is 4.24. The number of aryl methyl sites for hydroxylation is 1. The summed E-state index contributed by atoms with van der Waals surface area (Å²) in [5, 5.41) is 19.7. The molecule has 12 heavy (non-hydrogen) atoms. The van der Waals surface area contributed by atoms with Gasteiger partial charge in [0.05, 0.1) is 4.92 Å². The molecule has 0 saturated carbocycles. The van der Waals surface area contributed by atoms with Gasteiger partial charge in [-0.2, -0.15) is 0 Å². The monoisotopic (exact) mass is 279 g/mol. The van der Waals surface area contributed by atoms with E-state index in [1.165, 1.54) is 12.1 Å². The van der Waals surface area contributed by atoms with E-state index in [1.54, 1.807) is 29.5 Å². The van der Waals surface area contributed by atoms with Crippen molar-refractivity contribution < 1.29 is 10.0 Å². The lowest BCUT2D eigenvalue weighted by molar-refractivity contribution is -0.385. The molecule has 0 fully saturated rings. The summed E-state index contributed by atoms with van der Waals surface area (Å²) in [5.41, 5.74) is 0.587. The maximum absolute atomic E-state index is 10.4. The summed E-state index contributed by atoms with van der Waals surface area (Å²) >= 11 is 1.75. The van der Waals surface area contributed by atoms with Crippen LogP contribution >= 0.6 is 22.6 Å². The third kappa shape index (κ3) is 1.50. The average molecular weight is 279 g/mol. The second-order valence-electron chi connectivity index (χ2n) is 2.32. The van der Waals surface area contributed by atoms with Crippen molar-refractivity contribution in [3.63, 3.8) is 0 Å². The van der Waals surface area contributed by atoms with Gasteiger partial charge in [-0.05, 0) is 41.1 Å². The van der Waals surface area contributed by atoms with Crippen LogP contribution in [0.3, 0.4) is 0 Å². The largest absolute Gasteiger partial charge is 0.506 e. The molecule has 1 N–H and O–H groups in total. The molecule has 1 rings (SSSR count). The van der Waals surface area contributed by atoms with Gasteiger partial charge >= 0.3 is 0 Å². The minimum absolute atomic E-state index is 0.00944. The van der Waals surface area contributed by atoms with Crippen LogP contribution in [0.1, 0.15) is 5.56 Å². The minimum Gasteiger partial charge on any atom is -0.506 e. The summed E-state index contributed by atoms with van der Waals surface area (Å²) in [6.07, 6.45) is 0. The van der Waals surface area contributed by atoms with Crippen molar-refractivity contribution in [3.05, 3.63) is 31.4 Å². The summed E-state index contributed by atoms with van der Waals surface area (Å²) in [6.45, 7) is 1.70. The summed E-state index contributed by atoms with van der Waals surface area (Å²) in [4.78, 5) is 9.86. The molecule has 0 aliphatic carbocycles. The number of nitrogens with zero attached hydrogens (tertiary/aromatic N) is 1. The molecule has 64 valence electrons. The van der Waals surface area contributed by atoms with Crippen molar-refractivity contribution in [1.29, 1.82) is 0 Å². The third-order valence-corrected chi connectivity index (χ3v) is 2.56. The van der Waals surface area contributed by atoms with Crippen molar-refractivity contribution in [2.45, 2.75) is 6.92 Å². The first kappa shape index (κ1) is 9.24. The highest BCUT2D eigenvalue weighted by molar-refractivity contribution is 14.1. The van der Waals surface area contributed by atoms with Crippen molar-refractivity contribution in [2.75, 3.05) is 0 Å². The molecule has 0 aliphatic heterocycles. The zero-order valence-corrected chi connectivity index (χ0v) is 8.40. The van der Waals surface area contributed by atoms with E-state index in [1.807, 2.05) is 0 Å². The molecule has 0 amide bonds. The number of hydrogen-bond acceptors (Lipinski definition) is 3. The number of halogens is 1. The molecule has 0 heterocycles. The quantitative estimate of drug-likeness (QED) is 0.487. The maximum Gasteiger partial charge on any atom is 0.286 e. The average Bonchev–Trinajstić information content (AvgIpc) is 2.00. The van der Waals surface area contributed by atoms with Gasteiger partial charge in [-0.1, -0.05) is 0 Å². The molecule has 0 atom stereocenters. The smallest absolute Gasteiger partial charge is 0.286 e. The van der Waals surface area contributed by atoms with E-state index in [2.05, 4.69) is 0 Å². The van der Waals surface area contributed by atoms with Gasteiger partial charge in [0.25, 0.3) is 5.69 Å². The van der Waals surface area contributed by atoms with Gasteiger partial charge in [0, 0.05) is 6.07 Å². The SMILES string of the molecule is Cc1ccc([N+](=O)[O-])c(I)c1O. The summed E-state index contributed by atoms with van der Waals surface area (Å²) in [7, 11) is 0. The van der Waals surface area contributed by atoms with E-state index in [0.717, 1.165) is 0 Å². The van der Waals surface area contributed by atoms with Crippen LogP contribution < -0.4 is 0 Å². The molecule has 1 aromatic rings. The number of rotatable bonds is 1. The molecular formula is C7H6INO3. The van der Waals surface area contributed by atoms with Gasteiger partial charge in [0.15, 0.2) is 0 Å². The number of phenols is 1. The number of nitro groups is 1. The first-order chi connectivity index (χ1) is 5.54. The fourth-order valence-electron chi connectivity index (χ4n) is 0.791. The summed E-state index contributed by atoms with van der Waals surface area (Å²) in [5.74, 6) is -0.00944. The fourth-order valence-corrected chi connectivity index (χ4v) is 1.59. The van der Waals surface area contributed by atoms with Crippen LogP contribution in [0, 0.1) is 20.6 Å². The van der Waals surface area contributed by atoms with Gasteiger partial charge in [-0.25, -0.2) is 0 Å². The third-order valence-electron chi connectivity index (χ3n) is 1.49. The maximum atomic E-state index is 10.4. The number of hydrogen-bond donors (Lipinski definition) is 1. The molecule has 4 nitrogen and oxygen atoms in total. The molecule has 0 saturated heterocycles. The van der Waals surface area contributed by atoms with Crippen molar-refractivity contribution in [1.82, 2.24) is 0 Å². The van der Waals surface area contributed by atoms with E-state index >= 15 is 0 Å². The van der Waals surface area contributed by atoms with Crippen LogP contribution in [-0.2, 0) is 0 Å². The highest BCUT2D eigenvalue weighted by Crippen LogP contribution is 2.31. The van der Waals surface area contributed by atoms with E-state index in [0.29, 0.717) is 5.56 Å². The van der Waals surface area contributed by atoms with Crippen molar-refractivity contribution in [2.24, 2.45) is 0 Å². The van der Waals surface area contributed by atoms with Crippen LogP contribution in [-0.4, -0.2) is 10.0 Å². The van der Waals surface area contributed by atoms with Gasteiger partial charge in [-0.3, -0.25) is 10.1 Å². The Morgan fingerprint density at radius 3 is 2.67 bits per heavy atom. The van der Waals surface area contributed by atoms with Crippen LogP contribution in [0.4, 0.5) is 5.69 Å².